The number of nitrogens with zero attached hydrogens (tertiary/aromatic N) is 1. The number of hydrogen-bond acceptors (Lipinski definition) is 4. The largest absolute Gasteiger partial charge is 0.380 e. The van der Waals surface area contributed by atoms with E-state index in [9.17, 15) is 33.5 Å². The second-order valence-electron chi connectivity index (χ2n) is 14.1. The highest BCUT2D eigenvalue weighted by Gasteiger charge is 2.33. The number of carbonyl (C=O) groups is 1. The van der Waals surface area contributed by atoms with Crippen molar-refractivity contribution in [3.8, 4) is 0 Å². The van der Waals surface area contributed by atoms with E-state index in [4.69, 9.17) is 4.74 Å². The lowest BCUT2D eigenvalue weighted by Gasteiger charge is -2.28. The molecule has 11 heteroatoms. The standard InChI is InChI=1S/C37H77NO8P2/c1-3-5-7-9-11-13-15-17-19-21-23-25-27-29-32-46-35-36(48(43,44)45)34-38(31-33-47(40,41)42)37(39)30-28-26-24-22-20-18-16-14-12-10-8-6-4-2/h36H,3-35H2,1-2H3,(H2,40,41,42)(H2,43,44,45). The van der Waals surface area contributed by atoms with Crippen molar-refractivity contribution in [2.24, 2.45) is 0 Å². The molecule has 0 fully saturated rings. The van der Waals surface area contributed by atoms with Crippen LogP contribution in [0.3, 0.4) is 0 Å². The van der Waals surface area contributed by atoms with Crippen LogP contribution in [-0.2, 0) is 18.7 Å². The van der Waals surface area contributed by atoms with Gasteiger partial charge in [-0.15, -0.1) is 0 Å². The molecule has 0 saturated carbocycles. The Morgan fingerprint density at radius 3 is 1.27 bits per heavy atom. The van der Waals surface area contributed by atoms with E-state index in [-0.39, 0.29) is 32.0 Å². The van der Waals surface area contributed by atoms with Gasteiger partial charge in [-0.05, 0) is 12.8 Å². The maximum Gasteiger partial charge on any atom is 0.332 e. The summed E-state index contributed by atoms with van der Waals surface area (Å²) in [6.45, 7) is 4.17. The number of unbranched alkanes of at least 4 members (excludes halogenated alkanes) is 25. The Labute approximate surface area is 295 Å². The Hall–Kier alpha value is -0.270. The van der Waals surface area contributed by atoms with Gasteiger partial charge in [0.05, 0.1) is 12.8 Å². The first kappa shape index (κ1) is 47.7. The van der Waals surface area contributed by atoms with E-state index in [1.54, 1.807) is 0 Å². The molecule has 288 valence electrons. The molecule has 48 heavy (non-hydrogen) atoms. The smallest absolute Gasteiger partial charge is 0.332 e. The summed E-state index contributed by atoms with van der Waals surface area (Å²) in [5, 5.41) is 0. The number of rotatable bonds is 37. The lowest BCUT2D eigenvalue weighted by atomic mass is 10.0. The number of carbonyl (C=O) groups excluding carboxylic acids is 1. The van der Waals surface area contributed by atoms with E-state index in [0.717, 1.165) is 38.5 Å². The van der Waals surface area contributed by atoms with Crippen LogP contribution >= 0.6 is 15.2 Å². The molecule has 9 nitrogen and oxygen atoms in total. The topological polar surface area (TPSA) is 145 Å². The second-order valence-corrected chi connectivity index (χ2v) is 17.8. The predicted octanol–water partition coefficient (Wildman–Crippen LogP) is 10.5. The Morgan fingerprint density at radius 2 is 0.917 bits per heavy atom. The van der Waals surface area contributed by atoms with Crippen LogP contribution < -0.4 is 0 Å². The van der Waals surface area contributed by atoms with Gasteiger partial charge < -0.3 is 29.2 Å². The minimum absolute atomic E-state index is 0.193. The van der Waals surface area contributed by atoms with Crippen LogP contribution in [0.25, 0.3) is 0 Å². The molecule has 0 aromatic heterocycles. The molecular formula is C37H77NO8P2. The summed E-state index contributed by atoms with van der Waals surface area (Å²) in [6, 6.07) is 0. The maximum absolute atomic E-state index is 13.0. The number of hydrogen-bond donors (Lipinski definition) is 4. The third-order valence-electron chi connectivity index (χ3n) is 9.37. The fourth-order valence-electron chi connectivity index (χ4n) is 6.15. The Bertz CT molecular complexity index is 819. The molecule has 0 aliphatic rings. The van der Waals surface area contributed by atoms with Crippen LogP contribution in [0.15, 0.2) is 0 Å². The molecule has 0 bridgehead atoms. The number of amides is 1. The van der Waals surface area contributed by atoms with E-state index in [1.807, 2.05) is 0 Å². The highest BCUT2D eigenvalue weighted by atomic mass is 31.2. The summed E-state index contributed by atoms with van der Waals surface area (Å²) in [6.07, 6.45) is 32.4. The summed E-state index contributed by atoms with van der Waals surface area (Å²) in [4.78, 5) is 53.0. The molecule has 1 unspecified atom stereocenters. The molecule has 0 aliphatic heterocycles. The highest BCUT2D eigenvalue weighted by molar-refractivity contribution is 7.52. The molecule has 0 saturated heterocycles. The van der Waals surface area contributed by atoms with Gasteiger partial charge >= 0.3 is 15.2 Å². The van der Waals surface area contributed by atoms with Crippen LogP contribution in [0.5, 0.6) is 0 Å². The molecule has 1 atom stereocenters. The normalized spacial score (nSPS) is 12.9. The first-order chi connectivity index (χ1) is 23.0. The molecule has 0 aromatic carbocycles. The molecule has 0 spiro atoms. The van der Waals surface area contributed by atoms with Crippen molar-refractivity contribution >= 4 is 21.1 Å². The average molecular weight is 726 g/mol. The summed E-state index contributed by atoms with van der Waals surface area (Å²) < 4.78 is 29.5. The zero-order chi connectivity index (χ0) is 35.8. The van der Waals surface area contributed by atoms with Crippen molar-refractivity contribution in [2.75, 3.05) is 32.5 Å². The van der Waals surface area contributed by atoms with E-state index in [2.05, 4.69) is 13.8 Å². The fourth-order valence-corrected chi connectivity index (χ4v) is 7.36. The van der Waals surface area contributed by atoms with Crippen molar-refractivity contribution in [2.45, 2.75) is 199 Å². The van der Waals surface area contributed by atoms with E-state index in [0.29, 0.717) is 13.0 Å². The third kappa shape index (κ3) is 32.9. The van der Waals surface area contributed by atoms with Gasteiger partial charge in [0.15, 0.2) is 0 Å². The highest BCUT2D eigenvalue weighted by Crippen LogP contribution is 2.42. The Balaban J connectivity index is 4.31. The van der Waals surface area contributed by atoms with Gasteiger partial charge in [-0.1, -0.05) is 174 Å². The van der Waals surface area contributed by atoms with E-state index >= 15 is 0 Å². The molecule has 0 radical (unpaired) electrons. The molecule has 1 amide bonds. The van der Waals surface area contributed by atoms with E-state index in [1.165, 1.54) is 133 Å². The van der Waals surface area contributed by atoms with Crippen LogP contribution in [0.2, 0.25) is 0 Å². The van der Waals surface area contributed by atoms with Crippen LogP contribution in [-0.4, -0.2) is 68.5 Å². The van der Waals surface area contributed by atoms with Gasteiger partial charge in [-0.25, -0.2) is 0 Å². The second kappa shape index (κ2) is 32.6. The average Bonchev–Trinajstić information content (AvgIpc) is 3.02. The van der Waals surface area contributed by atoms with Crippen LogP contribution in [0.1, 0.15) is 194 Å². The van der Waals surface area contributed by atoms with E-state index < -0.39 is 27.0 Å². The summed E-state index contributed by atoms with van der Waals surface area (Å²) in [5.41, 5.74) is -1.23. The van der Waals surface area contributed by atoms with Gasteiger partial charge in [0, 0.05) is 26.1 Å². The van der Waals surface area contributed by atoms with Gasteiger partial charge in [0.25, 0.3) is 0 Å². The zero-order valence-electron chi connectivity index (χ0n) is 31.2. The molecule has 4 N–H and O–H groups in total. The minimum Gasteiger partial charge on any atom is -0.380 e. The summed E-state index contributed by atoms with van der Waals surface area (Å²) >= 11 is 0. The monoisotopic (exact) mass is 726 g/mol. The molecule has 0 rings (SSSR count). The van der Waals surface area contributed by atoms with Crippen molar-refractivity contribution in [1.82, 2.24) is 4.90 Å². The lowest BCUT2D eigenvalue weighted by molar-refractivity contribution is -0.131. The zero-order valence-corrected chi connectivity index (χ0v) is 33.0. The van der Waals surface area contributed by atoms with Crippen molar-refractivity contribution in [3.05, 3.63) is 0 Å². The van der Waals surface area contributed by atoms with Crippen LogP contribution in [0, 0.1) is 0 Å². The maximum atomic E-state index is 13.0. The quantitative estimate of drug-likeness (QED) is 0.0366. The van der Waals surface area contributed by atoms with Crippen molar-refractivity contribution < 1.29 is 38.2 Å². The van der Waals surface area contributed by atoms with Gasteiger partial charge in [0.2, 0.25) is 5.91 Å². The minimum atomic E-state index is -4.60. The van der Waals surface area contributed by atoms with Gasteiger partial charge in [0.1, 0.15) is 5.66 Å². The van der Waals surface area contributed by atoms with Crippen molar-refractivity contribution in [3.63, 3.8) is 0 Å². The van der Waals surface area contributed by atoms with Crippen molar-refractivity contribution in [1.29, 1.82) is 0 Å². The van der Waals surface area contributed by atoms with Gasteiger partial charge in [-0.3, -0.25) is 13.9 Å². The summed E-state index contributed by atoms with van der Waals surface area (Å²) in [7, 11) is -8.97. The van der Waals surface area contributed by atoms with Gasteiger partial charge in [-0.2, -0.15) is 0 Å². The molecule has 0 aliphatic carbocycles. The fraction of sp³-hybridized carbons (Fsp3) is 0.973. The lowest BCUT2D eigenvalue weighted by Crippen LogP contribution is -2.40. The third-order valence-corrected chi connectivity index (χ3v) is 11.4. The SMILES string of the molecule is CCCCCCCCCCCCCCCCOCC(CN(CCP(=O)(O)O)C(=O)CCCCCCCCCCCCCCC)P(=O)(O)O. The van der Waals surface area contributed by atoms with Crippen LogP contribution in [0.4, 0.5) is 0 Å². The first-order valence-electron chi connectivity index (χ1n) is 20.0. The summed E-state index contributed by atoms with van der Waals surface area (Å²) in [5.74, 6) is -0.322. The number of ether oxygens (including phenoxy) is 1. The molecule has 0 aromatic rings. The molecule has 0 heterocycles. The molecular weight excluding hydrogens is 648 g/mol. The first-order valence-corrected chi connectivity index (χ1v) is 23.4. The Morgan fingerprint density at radius 1 is 0.562 bits per heavy atom. The Kier molecular flexibility index (Phi) is 32.4. The predicted molar refractivity (Wildman–Crippen MR) is 201 cm³/mol.